The zero-order valence-electron chi connectivity index (χ0n) is 5.48. The van der Waals surface area contributed by atoms with Crippen molar-refractivity contribution in [2.75, 3.05) is 0 Å². The molecule has 0 saturated carbocycles. The zero-order chi connectivity index (χ0) is 6.69. The van der Waals surface area contributed by atoms with Crippen molar-refractivity contribution in [1.82, 2.24) is 0 Å². The van der Waals surface area contributed by atoms with Crippen molar-refractivity contribution in [2.45, 2.75) is 19.8 Å². The first-order valence-electron chi connectivity index (χ1n) is 3.03. The van der Waals surface area contributed by atoms with E-state index >= 15 is 0 Å². The van der Waals surface area contributed by atoms with E-state index in [1.165, 1.54) is 10.5 Å². The van der Waals surface area contributed by atoms with Gasteiger partial charge in [-0.3, -0.25) is 0 Å². The minimum absolute atomic E-state index is 1.07. The van der Waals surface area contributed by atoms with Gasteiger partial charge in [0.1, 0.15) is 0 Å². The highest BCUT2D eigenvalue weighted by molar-refractivity contribution is 7.97. The number of rotatable bonds is 1. The van der Waals surface area contributed by atoms with Gasteiger partial charge in [-0.1, -0.05) is 11.6 Å². The molecule has 1 aliphatic carbocycles. The first kappa shape index (κ1) is 6.90. The molecule has 2 heteroatoms. The summed E-state index contributed by atoms with van der Waals surface area (Å²) in [5.74, 6) is 0. The Morgan fingerprint density at radius 3 is 2.67 bits per heavy atom. The summed E-state index contributed by atoms with van der Waals surface area (Å²) in [6, 6.07) is 0. The standard InChI is InChI=1S/C7H10OS/c1-6-2-4-7(9-8)5-3-6/h2,4,8H,3,5H2,1H3/p+1. The molecule has 0 amide bonds. The summed E-state index contributed by atoms with van der Waals surface area (Å²) in [6.07, 6.45) is 6.34. The number of hydrogen-bond donors (Lipinski definition) is 0. The van der Waals surface area contributed by atoms with Crippen LogP contribution in [0.25, 0.3) is 0 Å². The van der Waals surface area contributed by atoms with E-state index in [0.717, 1.165) is 24.9 Å². The van der Waals surface area contributed by atoms with E-state index in [0.29, 0.717) is 0 Å². The molecule has 0 aromatic heterocycles. The Kier molecular flexibility index (Phi) is 2.37. The van der Waals surface area contributed by atoms with Gasteiger partial charge in [0.25, 0.3) is 0 Å². The first-order chi connectivity index (χ1) is 4.33. The molecule has 9 heavy (non-hydrogen) atoms. The molecule has 1 nitrogen and oxygen atoms in total. The summed E-state index contributed by atoms with van der Waals surface area (Å²) in [6.45, 7) is 2.13. The van der Waals surface area contributed by atoms with Gasteiger partial charge in [-0.25, -0.2) is 0 Å². The summed E-state index contributed by atoms with van der Waals surface area (Å²) in [7, 11) is 0. The fourth-order valence-electron chi connectivity index (χ4n) is 0.807. The topological polar surface area (TPSA) is 22.9 Å². The zero-order valence-corrected chi connectivity index (χ0v) is 6.29. The van der Waals surface area contributed by atoms with Crippen molar-refractivity contribution < 1.29 is 4.55 Å². The minimum Gasteiger partial charge on any atom is -0.368 e. The third-order valence-electron chi connectivity index (χ3n) is 1.45. The SMILES string of the molecule is CC1=CC=C(S[OH2+])CC1. The molecule has 0 heterocycles. The highest BCUT2D eigenvalue weighted by atomic mass is 32.2. The van der Waals surface area contributed by atoms with Crippen molar-refractivity contribution in [3.05, 3.63) is 22.6 Å². The summed E-state index contributed by atoms with van der Waals surface area (Å²) in [4.78, 5) is 1.18. The third kappa shape index (κ3) is 1.88. The molecule has 50 valence electrons. The number of hydrogen-bond acceptors (Lipinski definition) is 1. The van der Waals surface area contributed by atoms with E-state index in [1.807, 2.05) is 6.08 Å². The van der Waals surface area contributed by atoms with Gasteiger partial charge < -0.3 is 4.55 Å². The third-order valence-corrected chi connectivity index (χ3v) is 2.05. The molecule has 1 aliphatic rings. The van der Waals surface area contributed by atoms with Crippen molar-refractivity contribution in [3.8, 4) is 0 Å². The number of allylic oxidation sites excluding steroid dienone is 4. The van der Waals surface area contributed by atoms with Crippen LogP contribution in [0.2, 0.25) is 0 Å². The van der Waals surface area contributed by atoms with Crippen molar-refractivity contribution in [3.63, 3.8) is 0 Å². The van der Waals surface area contributed by atoms with Crippen molar-refractivity contribution >= 4 is 12.0 Å². The average molecular weight is 143 g/mol. The highest BCUT2D eigenvalue weighted by Crippen LogP contribution is 2.24. The molecule has 0 fully saturated rings. The second-order valence-electron chi connectivity index (χ2n) is 2.25. The van der Waals surface area contributed by atoms with Crippen LogP contribution in [0.15, 0.2) is 22.6 Å². The van der Waals surface area contributed by atoms with Crippen LogP contribution in [-0.2, 0) is 0 Å². The second kappa shape index (κ2) is 3.08. The molecule has 2 N–H and O–H groups in total. The lowest BCUT2D eigenvalue weighted by Gasteiger charge is -2.04. The molecule has 0 bridgehead atoms. The van der Waals surface area contributed by atoms with Gasteiger partial charge in [0.15, 0.2) is 0 Å². The Balaban J connectivity index is 2.59. The van der Waals surface area contributed by atoms with E-state index in [9.17, 15) is 0 Å². The highest BCUT2D eigenvalue weighted by Gasteiger charge is 2.04. The summed E-state index contributed by atoms with van der Waals surface area (Å²) < 4.78 is 6.98. The van der Waals surface area contributed by atoms with Crippen LogP contribution in [0.4, 0.5) is 0 Å². The first-order valence-corrected chi connectivity index (χ1v) is 3.84. The van der Waals surface area contributed by atoms with E-state index in [-0.39, 0.29) is 0 Å². The van der Waals surface area contributed by atoms with Crippen LogP contribution in [0.3, 0.4) is 0 Å². The molecule has 0 aromatic carbocycles. The average Bonchev–Trinajstić information content (AvgIpc) is 1.90. The predicted octanol–water partition coefficient (Wildman–Crippen LogP) is 1.98. The van der Waals surface area contributed by atoms with Gasteiger partial charge in [-0.05, 0) is 25.8 Å². The summed E-state index contributed by atoms with van der Waals surface area (Å²) in [5.41, 5.74) is 1.42. The Morgan fingerprint density at radius 1 is 1.44 bits per heavy atom. The van der Waals surface area contributed by atoms with E-state index in [2.05, 4.69) is 13.0 Å². The summed E-state index contributed by atoms with van der Waals surface area (Å²) in [5, 5.41) is 0. The normalized spacial score (nSPS) is 18.9. The Morgan fingerprint density at radius 2 is 2.22 bits per heavy atom. The molecular formula is C7H11OS+. The Labute approximate surface area is 59.7 Å². The largest absolute Gasteiger partial charge is 0.368 e. The lowest BCUT2D eigenvalue weighted by atomic mass is 10.1. The van der Waals surface area contributed by atoms with Gasteiger partial charge in [0.05, 0.1) is 4.91 Å². The molecule has 0 aromatic rings. The minimum atomic E-state index is 1.07. The second-order valence-corrected chi connectivity index (χ2v) is 2.98. The van der Waals surface area contributed by atoms with E-state index in [4.69, 9.17) is 4.55 Å². The van der Waals surface area contributed by atoms with Gasteiger partial charge >= 0.3 is 0 Å². The van der Waals surface area contributed by atoms with Crippen LogP contribution in [-0.4, -0.2) is 4.55 Å². The van der Waals surface area contributed by atoms with E-state index in [1.54, 1.807) is 0 Å². The Bertz CT molecular complexity index is 158. The molecule has 0 saturated heterocycles. The molecule has 0 radical (unpaired) electrons. The van der Waals surface area contributed by atoms with E-state index < -0.39 is 0 Å². The molecular weight excluding hydrogens is 132 g/mol. The van der Waals surface area contributed by atoms with Gasteiger partial charge in [-0.2, -0.15) is 0 Å². The molecule has 1 rings (SSSR count). The molecule has 0 spiro atoms. The van der Waals surface area contributed by atoms with Gasteiger partial charge in [-0.15, -0.1) is 0 Å². The van der Waals surface area contributed by atoms with Crippen LogP contribution in [0.1, 0.15) is 19.8 Å². The quantitative estimate of drug-likeness (QED) is 0.406. The lowest BCUT2D eigenvalue weighted by molar-refractivity contribution is 0.666. The maximum atomic E-state index is 6.98. The van der Waals surface area contributed by atoms with Crippen LogP contribution < -0.4 is 0 Å². The predicted molar refractivity (Wildman–Crippen MR) is 42.3 cm³/mol. The molecule has 0 unspecified atom stereocenters. The fraction of sp³-hybridized carbons (Fsp3) is 0.429. The lowest BCUT2D eigenvalue weighted by Crippen LogP contribution is -1.86. The van der Waals surface area contributed by atoms with Gasteiger partial charge in [0.2, 0.25) is 12.0 Å². The maximum Gasteiger partial charge on any atom is 0.218 e. The monoisotopic (exact) mass is 143 g/mol. The smallest absolute Gasteiger partial charge is 0.218 e. The fourth-order valence-corrected chi connectivity index (χ4v) is 1.15. The summed E-state index contributed by atoms with van der Waals surface area (Å²) >= 11 is 1.11. The van der Waals surface area contributed by atoms with Crippen LogP contribution >= 0.6 is 12.0 Å². The molecule has 0 aliphatic heterocycles. The van der Waals surface area contributed by atoms with Crippen molar-refractivity contribution in [2.24, 2.45) is 0 Å². The van der Waals surface area contributed by atoms with Crippen LogP contribution in [0, 0.1) is 0 Å². The van der Waals surface area contributed by atoms with Gasteiger partial charge in [0, 0.05) is 0 Å². The maximum absolute atomic E-state index is 6.98. The van der Waals surface area contributed by atoms with Crippen molar-refractivity contribution in [1.29, 1.82) is 0 Å². The van der Waals surface area contributed by atoms with Crippen LogP contribution in [0.5, 0.6) is 0 Å². The Hall–Kier alpha value is -0.210. The molecule has 0 atom stereocenters.